The quantitative estimate of drug-likeness (QED) is 0.734. The summed E-state index contributed by atoms with van der Waals surface area (Å²) < 4.78 is 0. The van der Waals surface area contributed by atoms with Gasteiger partial charge in [0.15, 0.2) is 0 Å². The van der Waals surface area contributed by atoms with Crippen molar-refractivity contribution in [3.05, 3.63) is 42.5 Å². The molecule has 2 rings (SSSR count). The van der Waals surface area contributed by atoms with Gasteiger partial charge in [-0.05, 0) is 23.9 Å². The summed E-state index contributed by atoms with van der Waals surface area (Å²) in [7, 11) is 0. The Hall–Kier alpha value is -2.40. The highest BCUT2D eigenvalue weighted by Crippen LogP contribution is 2.23. The maximum absolute atomic E-state index is 12.2. The Bertz CT molecular complexity index is 692. The molecule has 0 saturated heterocycles. The first-order valence-electron chi connectivity index (χ1n) is 7.71. The number of carbonyl (C=O) groups is 2. The Balaban J connectivity index is 2.06. The van der Waals surface area contributed by atoms with Crippen LogP contribution in [0.4, 0.5) is 5.69 Å². The molecule has 0 saturated carbocycles. The number of benzene rings is 2. The summed E-state index contributed by atoms with van der Waals surface area (Å²) in [6, 6.07) is 12.5. The van der Waals surface area contributed by atoms with Crippen LogP contribution >= 0.6 is 0 Å². The zero-order valence-corrected chi connectivity index (χ0v) is 13.4. The number of fused-ring (bicyclic) bond motifs is 1. The minimum absolute atomic E-state index is 0.106. The number of anilines is 1. The Morgan fingerprint density at radius 1 is 1.09 bits per heavy atom. The first-order chi connectivity index (χ1) is 11.0. The second kappa shape index (κ2) is 7.74. The molecule has 0 aromatic heterocycles. The van der Waals surface area contributed by atoms with Gasteiger partial charge >= 0.3 is 5.97 Å². The molecular formula is C18H22N2O3. The fraction of sp³-hybridized carbons (Fsp3) is 0.333. The average molecular weight is 314 g/mol. The van der Waals surface area contributed by atoms with Crippen molar-refractivity contribution in [3.63, 3.8) is 0 Å². The fourth-order valence-electron chi connectivity index (χ4n) is 2.35. The summed E-state index contributed by atoms with van der Waals surface area (Å²) in [6.07, 6.45) is -0.106. The molecule has 2 aromatic rings. The number of carbonyl (C=O) groups excluding carboxylic acids is 1. The molecule has 2 aromatic carbocycles. The van der Waals surface area contributed by atoms with Crippen molar-refractivity contribution in [2.75, 3.05) is 11.9 Å². The highest BCUT2D eigenvalue weighted by molar-refractivity contribution is 6.03. The lowest BCUT2D eigenvalue weighted by atomic mass is 10.1. The van der Waals surface area contributed by atoms with E-state index in [4.69, 9.17) is 0 Å². The number of hydrogen-bond acceptors (Lipinski definition) is 3. The van der Waals surface area contributed by atoms with Gasteiger partial charge in [0.1, 0.15) is 6.04 Å². The molecule has 0 fully saturated rings. The molecule has 0 spiro atoms. The molecule has 1 unspecified atom stereocenters. The summed E-state index contributed by atoms with van der Waals surface area (Å²) in [5, 5.41) is 16.9. The Kier molecular flexibility index (Phi) is 5.71. The molecule has 0 aliphatic rings. The largest absolute Gasteiger partial charge is 0.480 e. The lowest BCUT2D eigenvalue weighted by molar-refractivity contribution is -0.141. The van der Waals surface area contributed by atoms with Gasteiger partial charge in [-0.25, -0.2) is 0 Å². The molecule has 1 atom stereocenters. The topological polar surface area (TPSA) is 78.4 Å². The molecule has 5 heteroatoms. The third-order valence-corrected chi connectivity index (χ3v) is 3.52. The molecule has 0 bridgehead atoms. The van der Waals surface area contributed by atoms with Crippen LogP contribution in [0.2, 0.25) is 0 Å². The van der Waals surface area contributed by atoms with Crippen molar-refractivity contribution < 1.29 is 14.7 Å². The number of nitrogens with one attached hydrogen (secondary N) is 2. The van der Waals surface area contributed by atoms with Gasteiger partial charge in [0.25, 0.3) is 0 Å². The third-order valence-electron chi connectivity index (χ3n) is 3.52. The molecule has 0 aliphatic carbocycles. The highest BCUT2D eigenvalue weighted by atomic mass is 16.4. The van der Waals surface area contributed by atoms with Crippen molar-refractivity contribution in [1.29, 1.82) is 0 Å². The van der Waals surface area contributed by atoms with E-state index in [2.05, 4.69) is 10.6 Å². The number of carboxylic acids is 1. The van der Waals surface area contributed by atoms with Crippen LogP contribution in [-0.2, 0) is 9.59 Å². The monoisotopic (exact) mass is 314 g/mol. The van der Waals surface area contributed by atoms with Gasteiger partial charge < -0.3 is 15.7 Å². The molecule has 0 radical (unpaired) electrons. The van der Waals surface area contributed by atoms with E-state index in [1.54, 1.807) is 0 Å². The normalized spacial score (nSPS) is 12.3. The molecular weight excluding hydrogens is 292 g/mol. The van der Waals surface area contributed by atoms with Crippen molar-refractivity contribution in [2.45, 2.75) is 26.3 Å². The van der Waals surface area contributed by atoms with Crippen LogP contribution in [0.15, 0.2) is 42.5 Å². The second-order valence-electron chi connectivity index (χ2n) is 5.97. The number of carboxylic acid groups (broad SMARTS) is 1. The maximum Gasteiger partial charge on any atom is 0.321 e. The smallest absolute Gasteiger partial charge is 0.321 e. The van der Waals surface area contributed by atoms with Gasteiger partial charge in [-0.3, -0.25) is 9.59 Å². The van der Waals surface area contributed by atoms with Gasteiger partial charge in [0.2, 0.25) is 5.91 Å². The van der Waals surface area contributed by atoms with Crippen LogP contribution in [0, 0.1) is 5.92 Å². The minimum atomic E-state index is -1.02. The van der Waals surface area contributed by atoms with Crippen molar-refractivity contribution in [3.8, 4) is 0 Å². The number of rotatable bonds is 7. The predicted octanol–water partition coefficient (Wildman–Crippen LogP) is 2.87. The summed E-state index contributed by atoms with van der Waals surface area (Å²) >= 11 is 0. The number of amides is 1. The van der Waals surface area contributed by atoms with E-state index < -0.39 is 12.0 Å². The molecule has 1 amide bonds. The van der Waals surface area contributed by atoms with E-state index in [0.717, 1.165) is 10.8 Å². The zero-order chi connectivity index (χ0) is 16.8. The maximum atomic E-state index is 12.2. The van der Waals surface area contributed by atoms with Crippen LogP contribution in [0.3, 0.4) is 0 Å². The molecule has 5 nitrogen and oxygen atoms in total. The summed E-state index contributed by atoms with van der Waals surface area (Å²) in [5.41, 5.74) is 0.695. The molecule has 0 heterocycles. The van der Waals surface area contributed by atoms with Crippen LogP contribution < -0.4 is 10.6 Å². The van der Waals surface area contributed by atoms with E-state index in [1.165, 1.54) is 0 Å². The predicted molar refractivity (Wildman–Crippen MR) is 91.5 cm³/mol. The first-order valence-corrected chi connectivity index (χ1v) is 7.71. The van der Waals surface area contributed by atoms with Gasteiger partial charge in [-0.2, -0.15) is 0 Å². The fourth-order valence-corrected chi connectivity index (χ4v) is 2.35. The van der Waals surface area contributed by atoms with E-state index in [9.17, 15) is 14.7 Å². The Morgan fingerprint density at radius 3 is 2.48 bits per heavy atom. The first kappa shape index (κ1) is 17.0. The van der Waals surface area contributed by atoms with Crippen LogP contribution in [0.5, 0.6) is 0 Å². The summed E-state index contributed by atoms with van der Waals surface area (Å²) in [4.78, 5) is 23.5. The SMILES string of the molecule is CC(C)CNC(CC(=O)Nc1cccc2ccccc12)C(=O)O. The number of hydrogen-bond donors (Lipinski definition) is 3. The van der Waals surface area contributed by atoms with E-state index in [-0.39, 0.29) is 12.3 Å². The summed E-state index contributed by atoms with van der Waals surface area (Å²) in [5.74, 6) is -1.01. The van der Waals surface area contributed by atoms with Crippen LogP contribution in [0.1, 0.15) is 20.3 Å². The van der Waals surface area contributed by atoms with Gasteiger partial charge in [-0.1, -0.05) is 50.2 Å². The van der Waals surface area contributed by atoms with Crippen molar-refractivity contribution in [2.24, 2.45) is 5.92 Å². The van der Waals surface area contributed by atoms with Crippen molar-refractivity contribution >= 4 is 28.3 Å². The minimum Gasteiger partial charge on any atom is -0.480 e. The van der Waals surface area contributed by atoms with Crippen LogP contribution in [-0.4, -0.2) is 29.6 Å². The van der Waals surface area contributed by atoms with Gasteiger partial charge in [-0.15, -0.1) is 0 Å². The van der Waals surface area contributed by atoms with Crippen molar-refractivity contribution in [1.82, 2.24) is 5.32 Å². The van der Waals surface area contributed by atoms with Gasteiger partial charge in [0, 0.05) is 11.1 Å². The van der Waals surface area contributed by atoms with Crippen LogP contribution in [0.25, 0.3) is 10.8 Å². The number of aliphatic carboxylic acids is 1. The third kappa shape index (κ3) is 4.79. The summed E-state index contributed by atoms with van der Waals surface area (Å²) in [6.45, 7) is 4.53. The Morgan fingerprint density at radius 2 is 1.78 bits per heavy atom. The van der Waals surface area contributed by atoms with E-state index in [0.29, 0.717) is 18.2 Å². The molecule has 0 aliphatic heterocycles. The van der Waals surface area contributed by atoms with E-state index in [1.807, 2.05) is 56.3 Å². The second-order valence-corrected chi connectivity index (χ2v) is 5.97. The molecule has 23 heavy (non-hydrogen) atoms. The highest BCUT2D eigenvalue weighted by Gasteiger charge is 2.21. The molecule has 3 N–H and O–H groups in total. The van der Waals surface area contributed by atoms with E-state index >= 15 is 0 Å². The lowest BCUT2D eigenvalue weighted by Crippen LogP contribution is -2.41. The lowest BCUT2D eigenvalue weighted by Gasteiger charge is -2.16. The average Bonchev–Trinajstić information content (AvgIpc) is 2.51. The molecule has 122 valence electrons. The Labute approximate surface area is 135 Å². The zero-order valence-electron chi connectivity index (χ0n) is 13.4. The standard InChI is InChI=1S/C18H22N2O3/c1-12(2)11-19-16(18(22)23)10-17(21)20-15-9-5-7-13-6-3-4-8-14(13)15/h3-9,12,16,19H,10-11H2,1-2H3,(H,20,21)(H,22,23). The van der Waals surface area contributed by atoms with Gasteiger partial charge in [0.05, 0.1) is 6.42 Å².